The van der Waals surface area contributed by atoms with Gasteiger partial charge in [-0.2, -0.15) is 31.4 Å². The minimum atomic E-state index is -4.94. The van der Waals surface area contributed by atoms with Crippen molar-refractivity contribution in [1.29, 1.82) is 0 Å². The average molecular weight is 431 g/mol. The van der Waals surface area contributed by atoms with E-state index in [1.165, 1.54) is 24.3 Å². The van der Waals surface area contributed by atoms with Crippen LogP contribution in [0.3, 0.4) is 0 Å². The molecule has 3 rings (SSSR count). The number of hydrogen-bond donors (Lipinski definition) is 1. The number of amides is 1. The summed E-state index contributed by atoms with van der Waals surface area (Å²) < 4.78 is 93.0. The maximum atomic E-state index is 13.6. The Morgan fingerprint density at radius 2 is 1.63 bits per heavy atom. The zero-order valence-corrected chi connectivity index (χ0v) is 14.9. The van der Waals surface area contributed by atoms with E-state index in [1.54, 1.807) is 6.07 Å². The maximum Gasteiger partial charge on any atom is 0.434 e. The number of carbonyl (C=O) groups is 1. The van der Waals surface area contributed by atoms with E-state index in [0.29, 0.717) is 16.9 Å². The molecule has 1 amide bonds. The number of carbonyl (C=O) groups excluding carboxylic acids is 1. The molecule has 3 aromatic rings. The number of aromatic nitrogens is 2. The summed E-state index contributed by atoms with van der Waals surface area (Å²) in [4.78, 5) is 12.3. The van der Waals surface area contributed by atoms with Crippen LogP contribution in [0, 0.1) is 5.82 Å². The van der Waals surface area contributed by atoms with Crippen molar-refractivity contribution < 1.29 is 35.5 Å². The molecule has 0 atom stereocenters. The first-order valence-electron chi connectivity index (χ1n) is 8.32. The molecule has 30 heavy (non-hydrogen) atoms. The molecule has 0 unspecified atom stereocenters. The molecule has 0 saturated carbocycles. The molecule has 1 aromatic heterocycles. The average Bonchev–Trinajstić information content (AvgIpc) is 3.11. The predicted molar refractivity (Wildman–Crippen MR) is 91.1 cm³/mol. The quantitative estimate of drug-likeness (QED) is 0.593. The number of benzene rings is 2. The lowest BCUT2D eigenvalue weighted by Gasteiger charge is -2.13. The van der Waals surface area contributed by atoms with E-state index in [2.05, 4.69) is 10.4 Å². The third-order valence-corrected chi connectivity index (χ3v) is 4.02. The van der Waals surface area contributed by atoms with E-state index in [1.807, 2.05) is 0 Å². The van der Waals surface area contributed by atoms with Crippen LogP contribution in [-0.2, 0) is 18.9 Å². The van der Waals surface area contributed by atoms with Crippen molar-refractivity contribution in [2.24, 2.45) is 0 Å². The van der Waals surface area contributed by atoms with Crippen LogP contribution in [0.5, 0.6) is 0 Å². The fourth-order valence-electron chi connectivity index (χ4n) is 2.75. The van der Waals surface area contributed by atoms with Crippen LogP contribution >= 0.6 is 0 Å². The Morgan fingerprint density at radius 1 is 0.967 bits per heavy atom. The number of alkyl halides is 6. The van der Waals surface area contributed by atoms with Crippen LogP contribution in [0.15, 0.2) is 54.7 Å². The zero-order chi connectivity index (χ0) is 22.1. The molecule has 0 spiro atoms. The van der Waals surface area contributed by atoms with Crippen molar-refractivity contribution in [3.8, 4) is 5.69 Å². The van der Waals surface area contributed by atoms with Crippen LogP contribution in [0.2, 0.25) is 0 Å². The molecule has 0 radical (unpaired) electrons. The minimum absolute atomic E-state index is 0.0591. The van der Waals surface area contributed by atoms with Gasteiger partial charge in [0.25, 0.3) is 5.91 Å². The van der Waals surface area contributed by atoms with Gasteiger partial charge in [0, 0.05) is 6.54 Å². The molecule has 0 aliphatic heterocycles. The van der Waals surface area contributed by atoms with Gasteiger partial charge in [0.2, 0.25) is 0 Å². The highest BCUT2D eigenvalue weighted by Gasteiger charge is 2.40. The van der Waals surface area contributed by atoms with E-state index in [9.17, 15) is 35.5 Å². The molecule has 4 nitrogen and oxygen atoms in total. The highest BCUT2D eigenvalue weighted by atomic mass is 19.4. The number of nitrogens with one attached hydrogen (secondary N) is 1. The summed E-state index contributed by atoms with van der Waals surface area (Å²) in [6, 6.07) is 8.89. The lowest BCUT2D eigenvalue weighted by molar-refractivity contribution is -0.143. The second kappa shape index (κ2) is 7.81. The smallest absolute Gasteiger partial charge is 0.348 e. The molecule has 2 aromatic carbocycles. The largest absolute Gasteiger partial charge is 0.434 e. The number of rotatable bonds is 4. The van der Waals surface area contributed by atoms with Crippen LogP contribution in [0.4, 0.5) is 30.7 Å². The number of halogens is 7. The Bertz CT molecular complexity index is 1060. The van der Waals surface area contributed by atoms with E-state index in [0.717, 1.165) is 6.07 Å². The highest BCUT2D eigenvalue weighted by molar-refractivity contribution is 5.95. The molecule has 0 fully saturated rings. The van der Waals surface area contributed by atoms with Gasteiger partial charge in [-0.1, -0.05) is 18.2 Å². The van der Waals surface area contributed by atoms with Crippen molar-refractivity contribution in [3.05, 3.63) is 82.9 Å². The third-order valence-electron chi connectivity index (χ3n) is 4.02. The van der Waals surface area contributed by atoms with Crippen molar-refractivity contribution >= 4 is 5.91 Å². The van der Waals surface area contributed by atoms with Gasteiger partial charge in [0.05, 0.1) is 23.0 Å². The molecular weight excluding hydrogens is 419 g/mol. The standard InChI is InChI=1S/C19H12F7N3O/c20-13-7-11(6-12(8-13)18(21,22)23)9-27-17(30)15-10-28-29(16(15)19(24,25)26)14-4-2-1-3-5-14/h1-8,10H,9H2,(H,27,30). The second-order valence-corrected chi connectivity index (χ2v) is 6.18. The van der Waals surface area contributed by atoms with E-state index >= 15 is 0 Å². The molecule has 0 bridgehead atoms. The van der Waals surface area contributed by atoms with Gasteiger partial charge < -0.3 is 5.32 Å². The molecule has 11 heteroatoms. The maximum absolute atomic E-state index is 13.6. The molecule has 1 heterocycles. The Balaban J connectivity index is 1.88. The number of hydrogen-bond acceptors (Lipinski definition) is 2. The number of para-hydroxylation sites is 1. The molecular formula is C19H12F7N3O. The normalized spacial score (nSPS) is 12.1. The first kappa shape index (κ1) is 21.3. The van der Waals surface area contributed by atoms with E-state index in [4.69, 9.17) is 0 Å². The molecule has 1 N–H and O–H groups in total. The minimum Gasteiger partial charge on any atom is -0.348 e. The van der Waals surface area contributed by atoms with Crippen molar-refractivity contribution in [2.45, 2.75) is 18.9 Å². The first-order chi connectivity index (χ1) is 14.0. The SMILES string of the molecule is O=C(NCc1cc(F)cc(C(F)(F)F)c1)c1cnn(-c2ccccc2)c1C(F)(F)F. The van der Waals surface area contributed by atoms with Gasteiger partial charge in [-0.05, 0) is 35.9 Å². The van der Waals surface area contributed by atoms with Crippen molar-refractivity contribution in [2.75, 3.05) is 0 Å². The van der Waals surface area contributed by atoms with Gasteiger partial charge in [-0.3, -0.25) is 4.79 Å². The van der Waals surface area contributed by atoms with Crippen LogP contribution in [0.1, 0.15) is 27.2 Å². The van der Waals surface area contributed by atoms with E-state index in [-0.39, 0.29) is 17.3 Å². The lowest BCUT2D eigenvalue weighted by atomic mass is 10.1. The van der Waals surface area contributed by atoms with Crippen LogP contribution in [0.25, 0.3) is 5.69 Å². The van der Waals surface area contributed by atoms with Crippen molar-refractivity contribution in [3.63, 3.8) is 0 Å². The van der Waals surface area contributed by atoms with Crippen molar-refractivity contribution in [1.82, 2.24) is 15.1 Å². The monoisotopic (exact) mass is 431 g/mol. The van der Waals surface area contributed by atoms with Gasteiger partial charge in [0.15, 0.2) is 5.69 Å². The topological polar surface area (TPSA) is 46.9 Å². The van der Waals surface area contributed by atoms with Gasteiger partial charge >= 0.3 is 12.4 Å². The zero-order valence-electron chi connectivity index (χ0n) is 14.9. The van der Waals surface area contributed by atoms with Gasteiger partial charge in [-0.15, -0.1) is 0 Å². The van der Waals surface area contributed by atoms with E-state index < -0.39 is 47.4 Å². The van der Waals surface area contributed by atoms with Gasteiger partial charge in [-0.25, -0.2) is 9.07 Å². The Kier molecular flexibility index (Phi) is 5.55. The summed E-state index contributed by atoms with van der Waals surface area (Å²) in [5.41, 5.74) is -3.65. The summed E-state index contributed by atoms with van der Waals surface area (Å²) in [6.45, 7) is -0.618. The summed E-state index contributed by atoms with van der Waals surface area (Å²) in [7, 11) is 0. The molecule has 0 aliphatic carbocycles. The third kappa shape index (κ3) is 4.61. The predicted octanol–water partition coefficient (Wildman–Crippen LogP) is 4.98. The Hall–Kier alpha value is -3.37. The summed E-state index contributed by atoms with van der Waals surface area (Å²) in [6.07, 6.45) is -9.06. The fourth-order valence-corrected chi connectivity index (χ4v) is 2.75. The Morgan fingerprint density at radius 3 is 2.23 bits per heavy atom. The van der Waals surface area contributed by atoms with Crippen LogP contribution in [-0.4, -0.2) is 15.7 Å². The second-order valence-electron chi connectivity index (χ2n) is 6.18. The van der Waals surface area contributed by atoms with Gasteiger partial charge in [0.1, 0.15) is 5.82 Å². The number of nitrogens with zero attached hydrogens (tertiary/aromatic N) is 2. The summed E-state index contributed by atoms with van der Waals surface area (Å²) >= 11 is 0. The van der Waals surface area contributed by atoms with Crippen LogP contribution < -0.4 is 5.32 Å². The molecule has 0 aliphatic rings. The lowest BCUT2D eigenvalue weighted by Crippen LogP contribution is -2.26. The highest BCUT2D eigenvalue weighted by Crippen LogP contribution is 2.34. The Labute approximate surface area is 164 Å². The fraction of sp³-hybridized carbons (Fsp3) is 0.158. The molecule has 158 valence electrons. The summed E-state index contributed by atoms with van der Waals surface area (Å²) in [5.74, 6) is -2.41. The molecule has 0 saturated heterocycles. The summed E-state index contributed by atoms with van der Waals surface area (Å²) in [5, 5.41) is 5.69. The first-order valence-corrected chi connectivity index (χ1v) is 8.32.